The molecule has 2 N–H and O–H groups in total. The summed E-state index contributed by atoms with van der Waals surface area (Å²) in [5.41, 5.74) is 2.65. The summed E-state index contributed by atoms with van der Waals surface area (Å²) < 4.78 is 13.1. The fourth-order valence-corrected chi connectivity index (χ4v) is 3.10. The quantitative estimate of drug-likeness (QED) is 0.915. The summed E-state index contributed by atoms with van der Waals surface area (Å²) in [7, 11) is 0. The SMILES string of the molecule is O=C1Cc2cc(NC(=O)C3(c4ccc(F)cc4)CC3)ccc2N1. The zero-order valence-corrected chi connectivity index (χ0v) is 12.4. The Kier molecular flexibility index (Phi) is 2.98. The van der Waals surface area contributed by atoms with Gasteiger partial charge in [0.05, 0.1) is 11.8 Å². The standard InChI is InChI=1S/C18H15FN2O2/c19-13-3-1-12(2-4-13)18(7-8-18)17(23)20-14-5-6-15-11(9-14)10-16(22)21-15/h1-6,9H,7-8,10H2,(H,20,23)(H,21,22). The van der Waals surface area contributed by atoms with Crippen LogP contribution in [0, 0.1) is 5.82 Å². The van der Waals surface area contributed by atoms with Gasteiger partial charge in [0.25, 0.3) is 0 Å². The van der Waals surface area contributed by atoms with Crippen molar-refractivity contribution >= 4 is 23.2 Å². The second-order valence-electron chi connectivity index (χ2n) is 6.14. The Bertz CT molecular complexity index is 810. The number of rotatable bonds is 3. The van der Waals surface area contributed by atoms with Crippen LogP contribution >= 0.6 is 0 Å². The first-order valence-electron chi connectivity index (χ1n) is 7.57. The van der Waals surface area contributed by atoms with Crippen molar-refractivity contribution in [2.45, 2.75) is 24.7 Å². The lowest BCUT2D eigenvalue weighted by molar-refractivity contribution is -0.118. The van der Waals surface area contributed by atoms with Crippen LogP contribution in [-0.4, -0.2) is 11.8 Å². The van der Waals surface area contributed by atoms with Crippen LogP contribution in [0.15, 0.2) is 42.5 Å². The molecule has 0 atom stereocenters. The van der Waals surface area contributed by atoms with Gasteiger partial charge in [0.2, 0.25) is 11.8 Å². The fraction of sp³-hybridized carbons (Fsp3) is 0.222. The van der Waals surface area contributed by atoms with Crippen molar-refractivity contribution < 1.29 is 14.0 Å². The maximum Gasteiger partial charge on any atom is 0.235 e. The van der Waals surface area contributed by atoms with Gasteiger partial charge in [0.1, 0.15) is 5.82 Å². The van der Waals surface area contributed by atoms with Gasteiger partial charge in [0, 0.05) is 11.4 Å². The summed E-state index contributed by atoms with van der Waals surface area (Å²) in [5, 5.41) is 5.70. The molecule has 2 aliphatic rings. The molecule has 0 aromatic heterocycles. The van der Waals surface area contributed by atoms with E-state index < -0.39 is 5.41 Å². The predicted octanol–water partition coefficient (Wildman–Crippen LogP) is 2.99. The second kappa shape index (κ2) is 4.91. The monoisotopic (exact) mass is 310 g/mol. The number of hydrogen-bond acceptors (Lipinski definition) is 2. The highest BCUT2D eigenvalue weighted by atomic mass is 19.1. The van der Waals surface area contributed by atoms with Crippen molar-refractivity contribution in [3.63, 3.8) is 0 Å². The first kappa shape index (κ1) is 13.9. The Morgan fingerprint density at radius 1 is 1.13 bits per heavy atom. The molecule has 0 unspecified atom stereocenters. The van der Waals surface area contributed by atoms with Crippen molar-refractivity contribution in [2.75, 3.05) is 10.6 Å². The van der Waals surface area contributed by atoms with E-state index in [4.69, 9.17) is 0 Å². The third-order valence-corrected chi connectivity index (χ3v) is 4.57. The Balaban J connectivity index is 1.55. The van der Waals surface area contributed by atoms with Gasteiger partial charge < -0.3 is 10.6 Å². The largest absolute Gasteiger partial charge is 0.326 e. The van der Waals surface area contributed by atoms with Crippen molar-refractivity contribution in [1.82, 2.24) is 0 Å². The summed E-state index contributed by atoms with van der Waals surface area (Å²) >= 11 is 0. The number of amides is 2. The molecule has 116 valence electrons. The average molecular weight is 310 g/mol. The highest BCUT2D eigenvalue weighted by Gasteiger charge is 2.51. The van der Waals surface area contributed by atoms with Gasteiger partial charge in [-0.2, -0.15) is 0 Å². The van der Waals surface area contributed by atoms with Crippen molar-refractivity contribution in [1.29, 1.82) is 0 Å². The molecular formula is C18H15FN2O2. The van der Waals surface area contributed by atoms with Crippen LogP contribution in [0.3, 0.4) is 0 Å². The summed E-state index contributed by atoms with van der Waals surface area (Å²) in [6.07, 6.45) is 1.85. The van der Waals surface area contributed by atoms with Crippen molar-refractivity contribution in [3.05, 3.63) is 59.4 Å². The molecule has 23 heavy (non-hydrogen) atoms. The minimum absolute atomic E-state index is 0.0338. The third-order valence-electron chi connectivity index (χ3n) is 4.57. The summed E-state index contributed by atoms with van der Waals surface area (Å²) in [5.74, 6) is -0.421. The smallest absolute Gasteiger partial charge is 0.235 e. The number of nitrogens with one attached hydrogen (secondary N) is 2. The number of anilines is 2. The normalized spacial score (nSPS) is 17.3. The molecule has 1 saturated carbocycles. The Morgan fingerprint density at radius 2 is 1.87 bits per heavy atom. The van der Waals surface area contributed by atoms with E-state index in [-0.39, 0.29) is 17.6 Å². The van der Waals surface area contributed by atoms with Gasteiger partial charge in [0.15, 0.2) is 0 Å². The minimum atomic E-state index is -0.555. The van der Waals surface area contributed by atoms with Gasteiger partial charge >= 0.3 is 0 Å². The van der Waals surface area contributed by atoms with E-state index in [0.29, 0.717) is 12.1 Å². The number of halogens is 1. The number of fused-ring (bicyclic) bond motifs is 1. The molecule has 4 rings (SSSR count). The third kappa shape index (κ3) is 2.38. The number of carbonyl (C=O) groups excluding carboxylic acids is 2. The fourth-order valence-electron chi connectivity index (χ4n) is 3.10. The first-order chi connectivity index (χ1) is 11.1. The molecular weight excluding hydrogens is 295 g/mol. The Labute approximate surface area is 132 Å². The molecule has 2 amide bonds. The maximum atomic E-state index is 13.1. The van der Waals surface area contributed by atoms with Crippen LogP contribution in [0.25, 0.3) is 0 Å². The van der Waals surface area contributed by atoms with Crippen LogP contribution in [0.1, 0.15) is 24.0 Å². The molecule has 1 aliphatic heterocycles. The highest BCUT2D eigenvalue weighted by molar-refractivity contribution is 6.03. The second-order valence-corrected chi connectivity index (χ2v) is 6.14. The predicted molar refractivity (Wildman–Crippen MR) is 84.7 cm³/mol. The van der Waals surface area contributed by atoms with Gasteiger partial charge in [-0.05, 0) is 54.3 Å². The zero-order chi connectivity index (χ0) is 16.0. The van der Waals surface area contributed by atoms with E-state index in [1.54, 1.807) is 24.3 Å². The Morgan fingerprint density at radius 3 is 2.57 bits per heavy atom. The van der Waals surface area contributed by atoms with Crippen molar-refractivity contribution in [3.8, 4) is 0 Å². The van der Waals surface area contributed by atoms with Crippen LogP contribution in [0.5, 0.6) is 0 Å². The van der Waals surface area contributed by atoms with Crippen LogP contribution < -0.4 is 10.6 Å². The number of benzene rings is 2. The molecule has 0 spiro atoms. The summed E-state index contributed by atoms with van der Waals surface area (Å²) in [6, 6.07) is 11.5. The molecule has 0 radical (unpaired) electrons. The van der Waals surface area contributed by atoms with E-state index in [0.717, 1.165) is 29.7 Å². The van der Waals surface area contributed by atoms with Gasteiger partial charge in [-0.15, -0.1) is 0 Å². The molecule has 2 aromatic rings. The molecule has 1 aliphatic carbocycles. The summed E-state index contributed by atoms with van der Waals surface area (Å²) in [6.45, 7) is 0. The van der Waals surface area contributed by atoms with E-state index in [9.17, 15) is 14.0 Å². The topological polar surface area (TPSA) is 58.2 Å². The Hall–Kier alpha value is -2.69. The molecule has 1 heterocycles. The molecule has 0 bridgehead atoms. The van der Waals surface area contributed by atoms with E-state index >= 15 is 0 Å². The summed E-state index contributed by atoms with van der Waals surface area (Å²) in [4.78, 5) is 24.0. The molecule has 0 saturated heterocycles. The van der Waals surface area contributed by atoms with E-state index in [1.165, 1.54) is 12.1 Å². The van der Waals surface area contributed by atoms with Crippen LogP contribution in [-0.2, 0) is 21.4 Å². The number of hydrogen-bond donors (Lipinski definition) is 2. The van der Waals surface area contributed by atoms with E-state index in [1.807, 2.05) is 6.07 Å². The molecule has 1 fully saturated rings. The minimum Gasteiger partial charge on any atom is -0.326 e. The molecule has 5 heteroatoms. The molecule has 4 nitrogen and oxygen atoms in total. The van der Waals surface area contributed by atoms with Crippen LogP contribution in [0.4, 0.5) is 15.8 Å². The first-order valence-corrected chi connectivity index (χ1v) is 7.57. The zero-order valence-electron chi connectivity index (χ0n) is 12.4. The highest BCUT2D eigenvalue weighted by Crippen LogP contribution is 2.49. The van der Waals surface area contributed by atoms with Gasteiger partial charge in [-0.3, -0.25) is 9.59 Å². The van der Waals surface area contributed by atoms with Crippen molar-refractivity contribution in [2.24, 2.45) is 0 Å². The van der Waals surface area contributed by atoms with Crippen LogP contribution in [0.2, 0.25) is 0 Å². The van der Waals surface area contributed by atoms with Gasteiger partial charge in [-0.1, -0.05) is 12.1 Å². The lowest BCUT2D eigenvalue weighted by Gasteiger charge is -2.16. The average Bonchev–Trinajstić information content (AvgIpc) is 3.25. The number of carbonyl (C=O) groups is 2. The lowest BCUT2D eigenvalue weighted by Crippen LogP contribution is -2.27. The lowest BCUT2D eigenvalue weighted by atomic mass is 9.95. The molecule has 2 aromatic carbocycles. The maximum absolute atomic E-state index is 13.1. The van der Waals surface area contributed by atoms with E-state index in [2.05, 4.69) is 10.6 Å². The van der Waals surface area contributed by atoms with Gasteiger partial charge in [-0.25, -0.2) is 4.39 Å².